The molecule has 2 aromatic carbocycles. The van der Waals surface area contributed by atoms with Gasteiger partial charge in [0, 0.05) is 40.9 Å². The highest BCUT2D eigenvalue weighted by atomic mass is 35.5. The summed E-state index contributed by atoms with van der Waals surface area (Å²) in [7, 11) is 0. The molecule has 0 N–H and O–H groups in total. The van der Waals surface area contributed by atoms with E-state index in [1.54, 1.807) is 23.9 Å². The summed E-state index contributed by atoms with van der Waals surface area (Å²) in [6.45, 7) is 8.46. The lowest BCUT2D eigenvalue weighted by atomic mass is 10.1. The summed E-state index contributed by atoms with van der Waals surface area (Å²) < 4.78 is 25.3. The fourth-order valence-corrected chi connectivity index (χ4v) is 4.60. The summed E-state index contributed by atoms with van der Waals surface area (Å²) in [5, 5.41) is 0.450. The number of carbonyl (C=O) groups is 1. The van der Waals surface area contributed by atoms with Crippen LogP contribution in [0.2, 0.25) is 5.02 Å². The van der Waals surface area contributed by atoms with E-state index in [1.807, 2.05) is 45.0 Å². The molecule has 1 aliphatic heterocycles. The van der Waals surface area contributed by atoms with E-state index in [-0.39, 0.29) is 17.9 Å². The van der Waals surface area contributed by atoms with Gasteiger partial charge in [0.1, 0.15) is 11.4 Å². The van der Waals surface area contributed by atoms with Crippen LogP contribution in [0.3, 0.4) is 0 Å². The van der Waals surface area contributed by atoms with Gasteiger partial charge in [0.15, 0.2) is 0 Å². The molecule has 1 saturated heterocycles. The molecule has 0 radical (unpaired) electrons. The van der Waals surface area contributed by atoms with Crippen molar-refractivity contribution in [3.63, 3.8) is 0 Å². The van der Waals surface area contributed by atoms with Gasteiger partial charge in [-0.2, -0.15) is 0 Å². The summed E-state index contributed by atoms with van der Waals surface area (Å²) in [6, 6.07) is 12.9. The number of nitrogens with zero attached hydrogens (tertiary/aromatic N) is 1. The number of ether oxygens (including phenoxy) is 2. The molecule has 168 valence electrons. The van der Waals surface area contributed by atoms with Gasteiger partial charge in [0.2, 0.25) is 0 Å². The van der Waals surface area contributed by atoms with E-state index in [0.717, 1.165) is 23.5 Å². The van der Waals surface area contributed by atoms with Gasteiger partial charge in [-0.15, -0.1) is 11.8 Å². The van der Waals surface area contributed by atoms with Crippen LogP contribution in [0, 0.1) is 5.82 Å². The Hall–Kier alpha value is -1.60. The van der Waals surface area contributed by atoms with Crippen molar-refractivity contribution in [3.8, 4) is 0 Å². The molecule has 0 bridgehead atoms. The van der Waals surface area contributed by atoms with Crippen molar-refractivity contribution in [1.82, 2.24) is 4.90 Å². The normalized spacial score (nSPS) is 17.5. The zero-order valence-corrected chi connectivity index (χ0v) is 19.8. The van der Waals surface area contributed by atoms with Gasteiger partial charge in [0.25, 0.3) is 0 Å². The zero-order chi connectivity index (χ0) is 22.4. The lowest BCUT2D eigenvalue weighted by molar-refractivity contribution is -0.155. The van der Waals surface area contributed by atoms with Crippen LogP contribution in [-0.2, 0) is 20.0 Å². The molecule has 0 aromatic heterocycles. The van der Waals surface area contributed by atoms with Gasteiger partial charge in [-0.3, -0.25) is 9.69 Å². The van der Waals surface area contributed by atoms with Crippen LogP contribution in [-0.4, -0.2) is 42.7 Å². The maximum atomic E-state index is 13.9. The molecular formula is C24H29ClFNO3S. The number of hydrogen-bond donors (Lipinski definition) is 0. The van der Waals surface area contributed by atoms with E-state index < -0.39 is 5.60 Å². The number of hydrogen-bond acceptors (Lipinski definition) is 5. The first-order valence-corrected chi connectivity index (χ1v) is 11.8. The lowest BCUT2D eigenvalue weighted by Crippen LogP contribution is -2.39. The standard InChI is InChI=1S/C24H29ClFNO3S/c1-24(2,3)30-23(28)11-12-27-13-14-29-22(15-27)17-7-9-18(10-8-17)31-16-19-20(25)5-4-6-21(19)26/h4-10,22H,11-16H2,1-3H3. The molecule has 31 heavy (non-hydrogen) atoms. The Balaban J connectivity index is 1.51. The number of thioether (sulfide) groups is 1. The van der Waals surface area contributed by atoms with Crippen LogP contribution in [0.5, 0.6) is 0 Å². The smallest absolute Gasteiger partial charge is 0.307 e. The fourth-order valence-electron chi connectivity index (χ4n) is 3.35. The van der Waals surface area contributed by atoms with Crippen molar-refractivity contribution in [2.24, 2.45) is 0 Å². The third kappa shape index (κ3) is 7.49. The summed E-state index contributed by atoms with van der Waals surface area (Å²) >= 11 is 7.66. The van der Waals surface area contributed by atoms with Crippen LogP contribution < -0.4 is 0 Å². The molecule has 0 saturated carbocycles. The topological polar surface area (TPSA) is 38.8 Å². The van der Waals surface area contributed by atoms with Crippen molar-refractivity contribution >= 4 is 29.3 Å². The fraction of sp³-hybridized carbons (Fsp3) is 0.458. The Morgan fingerprint density at radius 2 is 2.00 bits per heavy atom. The van der Waals surface area contributed by atoms with E-state index in [1.165, 1.54) is 6.07 Å². The first-order valence-electron chi connectivity index (χ1n) is 10.4. The molecule has 1 unspecified atom stereocenters. The van der Waals surface area contributed by atoms with Gasteiger partial charge in [-0.25, -0.2) is 4.39 Å². The second kappa shape index (κ2) is 10.8. The van der Waals surface area contributed by atoms with Gasteiger partial charge < -0.3 is 9.47 Å². The van der Waals surface area contributed by atoms with E-state index in [9.17, 15) is 9.18 Å². The third-order valence-electron chi connectivity index (χ3n) is 4.90. The Morgan fingerprint density at radius 3 is 2.68 bits per heavy atom. The van der Waals surface area contributed by atoms with Crippen molar-refractivity contribution in [3.05, 3.63) is 64.4 Å². The average molecular weight is 466 g/mol. The first kappa shape index (κ1) is 24.1. The van der Waals surface area contributed by atoms with Crippen molar-refractivity contribution in [2.45, 2.75) is 49.5 Å². The minimum absolute atomic E-state index is 0.0348. The van der Waals surface area contributed by atoms with Gasteiger partial charge in [-0.1, -0.05) is 29.8 Å². The third-order valence-corrected chi connectivity index (χ3v) is 6.29. The number of esters is 1. The molecule has 3 rings (SSSR count). The molecule has 1 heterocycles. The van der Waals surface area contributed by atoms with Crippen molar-refractivity contribution in [2.75, 3.05) is 26.2 Å². The maximum Gasteiger partial charge on any atom is 0.307 e. The molecule has 1 fully saturated rings. The largest absolute Gasteiger partial charge is 0.460 e. The number of benzene rings is 2. The molecule has 2 aromatic rings. The SMILES string of the molecule is CC(C)(C)OC(=O)CCN1CCOC(c2ccc(SCc3c(F)cccc3Cl)cc2)C1. The number of rotatable bonds is 7. The Labute approximate surface area is 193 Å². The van der Waals surface area contributed by atoms with E-state index in [4.69, 9.17) is 21.1 Å². The predicted molar refractivity (Wildman–Crippen MR) is 123 cm³/mol. The second-order valence-electron chi connectivity index (χ2n) is 8.55. The van der Waals surface area contributed by atoms with E-state index in [2.05, 4.69) is 4.90 Å². The van der Waals surface area contributed by atoms with Crippen LogP contribution >= 0.6 is 23.4 Å². The van der Waals surface area contributed by atoms with Crippen molar-refractivity contribution < 1.29 is 18.7 Å². The highest BCUT2D eigenvalue weighted by molar-refractivity contribution is 7.98. The van der Waals surface area contributed by atoms with Crippen LogP contribution in [0.4, 0.5) is 4.39 Å². The number of morpholine rings is 1. The highest BCUT2D eigenvalue weighted by Gasteiger charge is 2.23. The molecule has 0 spiro atoms. The van der Waals surface area contributed by atoms with Gasteiger partial charge >= 0.3 is 5.97 Å². The Morgan fingerprint density at radius 1 is 1.26 bits per heavy atom. The highest BCUT2D eigenvalue weighted by Crippen LogP contribution is 2.30. The summed E-state index contributed by atoms with van der Waals surface area (Å²) in [6.07, 6.45) is 0.338. The van der Waals surface area contributed by atoms with Crippen LogP contribution in [0.1, 0.15) is 44.4 Å². The van der Waals surface area contributed by atoms with Crippen LogP contribution in [0.25, 0.3) is 0 Å². The Bertz CT molecular complexity index is 865. The van der Waals surface area contributed by atoms with Gasteiger partial charge in [-0.05, 0) is 50.6 Å². The zero-order valence-electron chi connectivity index (χ0n) is 18.2. The lowest BCUT2D eigenvalue weighted by Gasteiger charge is -2.33. The quantitative estimate of drug-likeness (QED) is 0.377. The molecule has 0 amide bonds. The molecule has 1 atom stereocenters. The maximum absolute atomic E-state index is 13.9. The molecule has 1 aliphatic rings. The molecular weight excluding hydrogens is 437 g/mol. The Kier molecular flexibility index (Phi) is 8.39. The number of carbonyl (C=O) groups excluding carboxylic acids is 1. The predicted octanol–water partition coefficient (Wildman–Crippen LogP) is 5.88. The molecule has 7 heteroatoms. The average Bonchev–Trinajstić information content (AvgIpc) is 2.71. The summed E-state index contributed by atoms with van der Waals surface area (Å²) in [5.41, 5.74) is 1.16. The molecule has 0 aliphatic carbocycles. The van der Waals surface area contributed by atoms with E-state index >= 15 is 0 Å². The van der Waals surface area contributed by atoms with E-state index in [0.29, 0.717) is 35.9 Å². The summed E-state index contributed by atoms with van der Waals surface area (Å²) in [5.74, 6) is 0.0222. The first-order chi connectivity index (χ1) is 14.7. The molecule has 4 nitrogen and oxygen atoms in total. The minimum Gasteiger partial charge on any atom is -0.460 e. The monoisotopic (exact) mass is 465 g/mol. The minimum atomic E-state index is -0.456. The van der Waals surface area contributed by atoms with Crippen molar-refractivity contribution in [1.29, 1.82) is 0 Å². The second-order valence-corrected chi connectivity index (χ2v) is 10.0. The van der Waals surface area contributed by atoms with Gasteiger partial charge in [0.05, 0.1) is 19.1 Å². The summed E-state index contributed by atoms with van der Waals surface area (Å²) in [4.78, 5) is 15.3. The number of halogens is 2. The van der Waals surface area contributed by atoms with Crippen LogP contribution in [0.15, 0.2) is 47.4 Å².